The molecule has 0 aliphatic heterocycles. The van der Waals surface area contributed by atoms with Gasteiger partial charge >= 0.3 is 5.97 Å². The summed E-state index contributed by atoms with van der Waals surface area (Å²) in [5, 5.41) is 2.26. The second kappa shape index (κ2) is 13.2. The van der Waals surface area contributed by atoms with E-state index in [-0.39, 0.29) is 5.97 Å². The number of para-hydroxylation sites is 2. The molecule has 0 aliphatic rings. The van der Waals surface area contributed by atoms with E-state index in [1.165, 1.54) is 70.6 Å². The molecule has 168 valence electrons. The van der Waals surface area contributed by atoms with E-state index in [9.17, 15) is 4.79 Å². The number of rotatable bonds is 15. The summed E-state index contributed by atoms with van der Waals surface area (Å²) >= 11 is 0. The minimum atomic E-state index is -0.130. The third-order valence-corrected chi connectivity index (χ3v) is 6.21. The van der Waals surface area contributed by atoms with Crippen molar-refractivity contribution in [1.82, 2.24) is 4.98 Å². The molecule has 0 saturated carbocycles. The highest BCUT2D eigenvalue weighted by Crippen LogP contribution is 2.31. The molecule has 2 aromatic carbocycles. The zero-order valence-electron chi connectivity index (χ0n) is 19.3. The number of aromatic amines is 1. The minimum Gasteiger partial charge on any atom is -0.424 e. The molecular weight excluding hydrogens is 382 g/mol. The minimum absolute atomic E-state index is 0.130. The van der Waals surface area contributed by atoms with E-state index >= 15 is 0 Å². The van der Waals surface area contributed by atoms with E-state index in [0.29, 0.717) is 12.2 Å². The lowest BCUT2D eigenvalue weighted by molar-refractivity contribution is -0.134. The van der Waals surface area contributed by atoms with E-state index in [1.54, 1.807) is 0 Å². The van der Waals surface area contributed by atoms with Crippen LogP contribution in [0.3, 0.4) is 0 Å². The van der Waals surface area contributed by atoms with Gasteiger partial charge in [-0.25, -0.2) is 0 Å². The van der Waals surface area contributed by atoms with Crippen LogP contribution in [0.2, 0.25) is 0 Å². The Hall–Kier alpha value is -2.29. The Morgan fingerprint density at radius 2 is 1.29 bits per heavy atom. The number of benzene rings is 2. The third kappa shape index (κ3) is 7.41. The predicted molar refractivity (Wildman–Crippen MR) is 132 cm³/mol. The van der Waals surface area contributed by atoms with Crippen molar-refractivity contribution in [3.8, 4) is 5.75 Å². The smallest absolute Gasteiger partial charge is 0.311 e. The van der Waals surface area contributed by atoms with Gasteiger partial charge in [-0.3, -0.25) is 4.79 Å². The van der Waals surface area contributed by atoms with Crippen molar-refractivity contribution in [3.05, 3.63) is 42.5 Å². The first-order chi connectivity index (χ1) is 15.3. The van der Waals surface area contributed by atoms with Gasteiger partial charge in [-0.05, 0) is 18.6 Å². The largest absolute Gasteiger partial charge is 0.424 e. The monoisotopic (exact) mass is 421 g/mol. The van der Waals surface area contributed by atoms with Crippen LogP contribution in [-0.4, -0.2) is 11.0 Å². The van der Waals surface area contributed by atoms with Gasteiger partial charge < -0.3 is 9.72 Å². The molecule has 0 bridgehead atoms. The number of hydrogen-bond donors (Lipinski definition) is 1. The van der Waals surface area contributed by atoms with Crippen LogP contribution in [0.4, 0.5) is 0 Å². The lowest BCUT2D eigenvalue weighted by Crippen LogP contribution is -2.07. The molecule has 0 atom stereocenters. The van der Waals surface area contributed by atoms with Gasteiger partial charge in [0.1, 0.15) is 0 Å². The number of H-pyrrole nitrogens is 1. The summed E-state index contributed by atoms with van der Waals surface area (Å²) in [7, 11) is 0. The molecule has 0 aliphatic carbocycles. The number of nitrogens with one attached hydrogen (secondary N) is 1. The predicted octanol–water partition coefficient (Wildman–Crippen LogP) is 8.71. The Kier molecular flexibility index (Phi) is 9.95. The summed E-state index contributed by atoms with van der Waals surface area (Å²) in [6, 6.07) is 14.1. The Labute approximate surface area is 187 Å². The summed E-state index contributed by atoms with van der Waals surface area (Å²) in [6.07, 6.45) is 17.5. The molecule has 0 amide bonds. The number of carbonyl (C=O) groups excluding carboxylic acids is 1. The van der Waals surface area contributed by atoms with Gasteiger partial charge in [-0.15, -0.1) is 0 Å². The molecule has 1 N–H and O–H groups in total. The maximum atomic E-state index is 12.3. The number of ether oxygens (including phenoxy) is 1. The molecule has 0 spiro atoms. The molecule has 0 radical (unpaired) electrons. The van der Waals surface area contributed by atoms with Crippen LogP contribution < -0.4 is 4.74 Å². The Balaban J connectivity index is 1.28. The number of esters is 1. The summed E-state index contributed by atoms with van der Waals surface area (Å²) < 4.78 is 5.69. The molecule has 31 heavy (non-hydrogen) atoms. The Morgan fingerprint density at radius 3 is 1.97 bits per heavy atom. The lowest BCUT2D eigenvalue weighted by atomic mass is 10.0. The number of aromatic nitrogens is 1. The van der Waals surface area contributed by atoms with Gasteiger partial charge in [0.2, 0.25) is 0 Å². The van der Waals surface area contributed by atoms with Crippen LogP contribution in [0, 0.1) is 0 Å². The van der Waals surface area contributed by atoms with Crippen molar-refractivity contribution in [1.29, 1.82) is 0 Å². The summed E-state index contributed by atoms with van der Waals surface area (Å²) in [4.78, 5) is 15.7. The molecule has 3 nitrogen and oxygen atoms in total. The van der Waals surface area contributed by atoms with E-state index < -0.39 is 0 Å². The highest BCUT2D eigenvalue weighted by molar-refractivity contribution is 6.09. The van der Waals surface area contributed by atoms with Gasteiger partial charge in [0.25, 0.3) is 0 Å². The van der Waals surface area contributed by atoms with Gasteiger partial charge in [0, 0.05) is 22.7 Å². The average Bonchev–Trinajstić information content (AvgIpc) is 3.17. The van der Waals surface area contributed by atoms with E-state index in [4.69, 9.17) is 4.74 Å². The third-order valence-electron chi connectivity index (χ3n) is 6.21. The highest BCUT2D eigenvalue weighted by Gasteiger charge is 2.11. The quantitative estimate of drug-likeness (QED) is 0.151. The second-order valence-corrected chi connectivity index (χ2v) is 8.82. The topological polar surface area (TPSA) is 42.1 Å². The van der Waals surface area contributed by atoms with Crippen molar-refractivity contribution in [2.45, 2.75) is 96.8 Å². The maximum absolute atomic E-state index is 12.3. The molecule has 3 heteroatoms. The van der Waals surface area contributed by atoms with Gasteiger partial charge in [0.05, 0.1) is 5.52 Å². The summed E-state index contributed by atoms with van der Waals surface area (Å²) in [6.45, 7) is 2.27. The Morgan fingerprint density at radius 1 is 0.710 bits per heavy atom. The first-order valence-electron chi connectivity index (χ1n) is 12.5. The molecule has 0 unspecified atom stereocenters. The summed E-state index contributed by atoms with van der Waals surface area (Å²) in [5.41, 5.74) is 1.97. The fraction of sp³-hybridized carbons (Fsp3) is 0.536. The number of carbonyl (C=O) groups is 1. The van der Waals surface area contributed by atoms with Gasteiger partial charge in [-0.2, -0.15) is 0 Å². The van der Waals surface area contributed by atoms with E-state index in [0.717, 1.165) is 34.6 Å². The second-order valence-electron chi connectivity index (χ2n) is 8.82. The van der Waals surface area contributed by atoms with Crippen molar-refractivity contribution < 1.29 is 9.53 Å². The van der Waals surface area contributed by atoms with Crippen molar-refractivity contribution in [2.75, 3.05) is 0 Å². The fourth-order valence-electron chi connectivity index (χ4n) is 4.39. The summed E-state index contributed by atoms with van der Waals surface area (Å²) in [5.74, 6) is 0.502. The van der Waals surface area contributed by atoms with Gasteiger partial charge in [-0.1, -0.05) is 114 Å². The fourth-order valence-corrected chi connectivity index (χ4v) is 4.39. The SMILES string of the molecule is CCCCCCCCCCCCCCCC(=O)Oc1cccc2c1[nH]c1ccccc12. The molecule has 1 heterocycles. The van der Waals surface area contributed by atoms with Crippen LogP contribution in [0.1, 0.15) is 96.8 Å². The van der Waals surface area contributed by atoms with E-state index in [1.807, 2.05) is 24.3 Å². The van der Waals surface area contributed by atoms with E-state index in [2.05, 4.69) is 30.1 Å². The normalized spacial score (nSPS) is 11.4. The van der Waals surface area contributed by atoms with Crippen molar-refractivity contribution in [2.24, 2.45) is 0 Å². The maximum Gasteiger partial charge on any atom is 0.311 e. The Bertz CT molecular complexity index is 927. The van der Waals surface area contributed by atoms with Crippen LogP contribution in [0.5, 0.6) is 5.75 Å². The molecular formula is C28H39NO2. The number of hydrogen-bond acceptors (Lipinski definition) is 2. The standard InChI is InChI=1S/C28H39NO2/c1-2-3-4-5-6-7-8-9-10-11-12-13-14-22-27(30)31-26-21-17-19-24-23-18-15-16-20-25(23)29-28(24)26/h15-21,29H,2-14,22H2,1H3. The number of fused-ring (bicyclic) bond motifs is 3. The zero-order valence-corrected chi connectivity index (χ0v) is 19.3. The van der Waals surface area contributed by atoms with Crippen LogP contribution >= 0.6 is 0 Å². The van der Waals surface area contributed by atoms with Gasteiger partial charge in [0.15, 0.2) is 5.75 Å². The highest BCUT2D eigenvalue weighted by atomic mass is 16.5. The molecule has 3 rings (SSSR count). The van der Waals surface area contributed by atoms with Crippen LogP contribution in [0.25, 0.3) is 21.8 Å². The molecule has 0 fully saturated rings. The van der Waals surface area contributed by atoms with Crippen molar-refractivity contribution >= 4 is 27.8 Å². The average molecular weight is 422 g/mol. The van der Waals surface area contributed by atoms with Crippen LogP contribution in [-0.2, 0) is 4.79 Å². The first-order valence-corrected chi connectivity index (χ1v) is 12.5. The first kappa shape index (κ1) is 23.4. The van der Waals surface area contributed by atoms with Crippen molar-refractivity contribution in [3.63, 3.8) is 0 Å². The molecule has 3 aromatic rings. The zero-order chi connectivity index (χ0) is 21.7. The molecule has 1 aromatic heterocycles. The van der Waals surface area contributed by atoms with Crippen LogP contribution in [0.15, 0.2) is 42.5 Å². The lowest BCUT2D eigenvalue weighted by Gasteiger charge is -2.06. The number of unbranched alkanes of at least 4 members (excludes halogenated alkanes) is 12. The molecule has 0 saturated heterocycles.